The number of imide groups is 1. The molecule has 0 saturated carbocycles. The van der Waals surface area contributed by atoms with E-state index in [4.69, 9.17) is 28.4 Å². The normalized spacial score (nSPS) is 21.3. The third-order valence-corrected chi connectivity index (χ3v) is 6.29. The first-order valence-corrected chi connectivity index (χ1v) is 14.2. The van der Waals surface area contributed by atoms with Crippen molar-refractivity contribution in [1.29, 1.82) is 0 Å². The minimum atomic E-state index is -1.33. The van der Waals surface area contributed by atoms with E-state index < -0.39 is 59.5 Å². The van der Waals surface area contributed by atoms with Crippen molar-refractivity contribution in [3.05, 3.63) is 54.3 Å². The number of halogens is 1. The molecule has 1 saturated heterocycles. The van der Waals surface area contributed by atoms with Gasteiger partial charge in [0, 0.05) is 0 Å². The second-order valence-electron chi connectivity index (χ2n) is 12.3. The zero-order chi connectivity index (χ0) is 31.9. The molecule has 1 aliphatic rings. The summed E-state index contributed by atoms with van der Waals surface area (Å²) in [6, 6.07) is 11.1. The zero-order valence-corrected chi connectivity index (χ0v) is 26.0. The molecular formula is C32H42FNO9. The third kappa shape index (κ3) is 10.0. The van der Waals surface area contributed by atoms with Crippen molar-refractivity contribution in [2.75, 3.05) is 7.11 Å². The SMILES string of the molecule is COc1ccc(O[C@H]2CCC[C@H](N(C(=O)OC(C)(C)C)C(=O)OC(C)(C)C)C(=O)O[C@@H](C)[C@@H]2Oc2ccc(F)cc2)cc1. The lowest BCUT2D eigenvalue weighted by Gasteiger charge is -2.33. The van der Waals surface area contributed by atoms with E-state index in [0.29, 0.717) is 35.0 Å². The first kappa shape index (κ1) is 33.5. The second kappa shape index (κ2) is 14.0. The second-order valence-corrected chi connectivity index (χ2v) is 12.3. The summed E-state index contributed by atoms with van der Waals surface area (Å²) in [6.45, 7) is 11.5. The highest BCUT2D eigenvalue weighted by Crippen LogP contribution is 2.29. The molecule has 2 amide bonds. The van der Waals surface area contributed by atoms with Crippen LogP contribution in [0.3, 0.4) is 0 Å². The maximum Gasteiger partial charge on any atom is 0.420 e. The molecule has 2 aromatic rings. The number of ether oxygens (including phenoxy) is 6. The zero-order valence-electron chi connectivity index (χ0n) is 26.0. The third-order valence-electron chi connectivity index (χ3n) is 6.29. The Balaban J connectivity index is 1.96. The Hall–Kier alpha value is -4.02. The highest BCUT2D eigenvalue weighted by Gasteiger charge is 2.44. The minimum absolute atomic E-state index is 0.0514. The van der Waals surface area contributed by atoms with Gasteiger partial charge in [-0.25, -0.2) is 18.8 Å². The molecule has 0 aromatic heterocycles. The summed E-state index contributed by atoms with van der Waals surface area (Å²) in [5.74, 6) is 0.256. The van der Waals surface area contributed by atoms with Crippen LogP contribution >= 0.6 is 0 Å². The highest BCUT2D eigenvalue weighted by atomic mass is 19.1. The van der Waals surface area contributed by atoms with Crippen LogP contribution in [-0.2, 0) is 19.0 Å². The molecule has 4 atom stereocenters. The number of methoxy groups -OCH3 is 1. The number of hydrogen-bond acceptors (Lipinski definition) is 9. The first-order valence-electron chi connectivity index (χ1n) is 14.2. The molecule has 1 heterocycles. The Bertz CT molecular complexity index is 1210. The largest absolute Gasteiger partial charge is 0.497 e. The predicted molar refractivity (Wildman–Crippen MR) is 156 cm³/mol. The van der Waals surface area contributed by atoms with Gasteiger partial charge in [0.2, 0.25) is 0 Å². The van der Waals surface area contributed by atoms with Crippen LogP contribution in [0.1, 0.15) is 67.7 Å². The number of benzene rings is 2. The van der Waals surface area contributed by atoms with Crippen molar-refractivity contribution >= 4 is 18.2 Å². The van der Waals surface area contributed by atoms with Crippen LogP contribution in [0.2, 0.25) is 0 Å². The molecule has 1 fully saturated rings. The Kier molecular flexibility index (Phi) is 10.9. The van der Waals surface area contributed by atoms with E-state index in [0.717, 1.165) is 0 Å². The molecule has 0 unspecified atom stereocenters. The Morgan fingerprint density at radius 2 is 1.30 bits per heavy atom. The van der Waals surface area contributed by atoms with Gasteiger partial charge in [-0.05, 0) is 116 Å². The number of carbonyl (C=O) groups is 3. The molecule has 0 aliphatic carbocycles. The fraction of sp³-hybridized carbons (Fsp3) is 0.531. The Morgan fingerprint density at radius 3 is 1.81 bits per heavy atom. The summed E-state index contributed by atoms with van der Waals surface area (Å²) in [5.41, 5.74) is -1.89. The molecule has 0 N–H and O–H groups in total. The molecule has 236 valence electrons. The monoisotopic (exact) mass is 603 g/mol. The van der Waals surface area contributed by atoms with E-state index in [1.807, 2.05) is 0 Å². The van der Waals surface area contributed by atoms with E-state index in [-0.39, 0.29) is 6.42 Å². The smallest absolute Gasteiger partial charge is 0.420 e. The van der Waals surface area contributed by atoms with Gasteiger partial charge in [-0.1, -0.05) is 0 Å². The summed E-state index contributed by atoms with van der Waals surface area (Å²) in [6.07, 6.45) is -3.72. The fourth-order valence-electron chi connectivity index (χ4n) is 4.41. The minimum Gasteiger partial charge on any atom is -0.497 e. The molecule has 0 radical (unpaired) electrons. The van der Waals surface area contributed by atoms with Gasteiger partial charge in [-0.3, -0.25) is 0 Å². The lowest BCUT2D eigenvalue weighted by atomic mass is 10.0. The summed E-state index contributed by atoms with van der Waals surface area (Å²) in [5, 5.41) is 0. The van der Waals surface area contributed by atoms with E-state index in [1.54, 1.807) is 79.8 Å². The van der Waals surface area contributed by atoms with Gasteiger partial charge in [-0.15, -0.1) is 0 Å². The van der Waals surface area contributed by atoms with Crippen LogP contribution < -0.4 is 14.2 Å². The van der Waals surface area contributed by atoms with Crippen molar-refractivity contribution < 1.29 is 47.2 Å². The van der Waals surface area contributed by atoms with Crippen LogP contribution in [0.25, 0.3) is 0 Å². The average molecular weight is 604 g/mol. The molecule has 3 rings (SSSR count). The maximum absolute atomic E-state index is 13.7. The lowest BCUT2D eigenvalue weighted by Crippen LogP contribution is -2.53. The summed E-state index contributed by atoms with van der Waals surface area (Å²) < 4.78 is 48.2. The summed E-state index contributed by atoms with van der Waals surface area (Å²) in [4.78, 5) is 40.9. The number of nitrogens with zero attached hydrogens (tertiary/aromatic N) is 1. The molecule has 0 spiro atoms. The van der Waals surface area contributed by atoms with Crippen LogP contribution in [0, 0.1) is 5.82 Å². The van der Waals surface area contributed by atoms with Gasteiger partial charge >= 0.3 is 18.2 Å². The van der Waals surface area contributed by atoms with Crippen LogP contribution in [0.15, 0.2) is 48.5 Å². The number of rotatable bonds is 6. The van der Waals surface area contributed by atoms with E-state index in [2.05, 4.69) is 0 Å². The number of carbonyl (C=O) groups excluding carboxylic acids is 3. The lowest BCUT2D eigenvalue weighted by molar-refractivity contribution is -0.160. The molecule has 11 heteroatoms. The number of esters is 1. The number of cyclic esters (lactones) is 1. The number of amides is 2. The van der Waals surface area contributed by atoms with Crippen molar-refractivity contribution in [1.82, 2.24) is 4.90 Å². The predicted octanol–water partition coefficient (Wildman–Crippen LogP) is 6.69. The topological polar surface area (TPSA) is 110 Å². The van der Waals surface area contributed by atoms with Crippen molar-refractivity contribution in [2.24, 2.45) is 0 Å². The van der Waals surface area contributed by atoms with Gasteiger partial charge in [0.1, 0.15) is 52.5 Å². The van der Waals surface area contributed by atoms with Gasteiger partial charge in [0.05, 0.1) is 7.11 Å². The van der Waals surface area contributed by atoms with Crippen LogP contribution in [0.4, 0.5) is 14.0 Å². The fourth-order valence-corrected chi connectivity index (χ4v) is 4.41. The van der Waals surface area contributed by atoms with E-state index in [1.165, 1.54) is 24.3 Å². The molecule has 43 heavy (non-hydrogen) atoms. The van der Waals surface area contributed by atoms with Gasteiger partial charge < -0.3 is 28.4 Å². The molecule has 2 aromatic carbocycles. The Morgan fingerprint density at radius 1 is 0.814 bits per heavy atom. The molecule has 0 bridgehead atoms. The van der Waals surface area contributed by atoms with Gasteiger partial charge in [0.15, 0.2) is 6.10 Å². The first-order chi connectivity index (χ1) is 20.1. The van der Waals surface area contributed by atoms with Gasteiger partial charge in [0.25, 0.3) is 0 Å². The molecule has 10 nitrogen and oxygen atoms in total. The van der Waals surface area contributed by atoms with Crippen molar-refractivity contribution in [2.45, 2.75) is 103 Å². The Labute approximate surface area is 252 Å². The molecule has 1 aliphatic heterocycles. The van der Waals surface area contributed by atoms with Gasteiger partial charge in [-0.2, -0.15) is 4.90 Å². The van der Waals surface area contributed by atoms with Crippen molar-refractivity contribution in [3.8, 4) is 17.2 Å². The van der Waals surface area contributed by atoms with E-state index >= 15 is 0 Å². The van der Waals surface area contributed by atoms with Crippen molar-refractivity contribution in [3.63, 3.8) is 0 Å². The van der Waals surface area contributed by atoms with Crippen LogP contribution in [0.5, 0.6) is 17.2 Å². The summed E-state index contributed by atoms with van der Waals surface area (Å²) >= 11 is 0. The maximum atomic E-state index is 13.7. The summed E-state index contributed by atoms with van der Waals surface area (Å²) in [7, 11) is 1.56. The highest BCUT2D eigenvalue weighted by molar-refractivity contribution is 5.94. The average Bonchev–Trinajstić information content (AvgIpc) is 2.94. The molecular weight excluding hydrogens is 561 g/mol. The van der Waals surface area contributed by atoms with E-state index in [9.17, 15) is 18.8 Å². The quantitative estimate of drug-likeness (QED) is 0.264. The van der Waals surface area contributed by atoms with Crippen LogP contribution in [-0.4, -0.2) is 65.7 Å². The standard InChI is InChI=1S/C32H42FNO9/c1-20-27(41-24-14-12-21(33)13-15-24)26(40-23-18-16-22(38-8)17-19-23)11-9-10-25(28(35)39-20)34(29(36)42-31(2,3)4)30(37)43-32(5,6)7/h12-20,25-27H,9-11H2,1-8H3/t20-,25-,26-,27-/m0/s1. The number of hydrogen-bond donors (Lipinski definition) is 0.